The zero-order valence-corrected chi connectivity index (χ0v) is 12.7. The number of carboxylic acid groups (broad SMARTS) is 2. The SMILES string of the molecule is CCCCCC(CC)(CC)C(CC)(C(=O)O)C(=O)O. The Bertz CT molecular complexity index is 291. The van der Waals surface area contributed by atoms with Gasteiger partial charge in [0.25, 0.3) is 0 Å². The third-order valence-corrected chi connectivity index (χ3v) is 4.78. The van der Waals surface area contributed by atoms with Crippen molar-refractivity contribution in [1.29, 1.82) is 0 Å². The standard InChI is InChI=1S/C15H28O4/c1-5-9-10-11-14(6-2,7-3)15(8-4,12(16)17)13(18)19/h5-11H2,1-4H3,(H,16,17)(H,18,19). The van der Waals surface area contributed by atoms with Crippen LogP contribution in [0.4, 0.5) is 0 Å². The average molecular weight is 272 g/mol. The molecule has 0 heterocycles. The lowest BCUT2D eigenvalue weighted by molar-refractivity contribution is -0.178. The molecule has 0 aliphatic carbocycles. The fourth-order valence-corrected chi connectivity index (χ4v) is 3.36. The highest BCUT2D eigenvalue weighted by molar-refractivity contribution is 5.99. The van der Waals surface area contributed by atoms with E-state index in [-0.39, 0.29) is 6.42 Å². The molecule has 0 atom stereocenters. The second kappa shape index (κ2) is 7.51. The van der Waals surface area contributed by atoms with Gasteiger partial charge in [-0.15, -0.1) is 0 Å². The van der Waals surface area contributed by atoms with Crippen LogP contribution >= 0.6 is 0 Å². The number of aliphatic carboxylic acids is 2. The third-order valence-electron chi connectivity index (χ3n) is 4.78. The van der Waals surface area contributed by atoms with E-state index in [0.717, 1.165) is 19.3 Å². The van der Waals surface area contributed by atoms with Gasteiger partial charge < -0.3 is 10.2 Å². The molecule has 0 saturated carbocycles. The maximum absolute atomic E-state index is 11.7. The molecule has 0 fully saturated rings. The fourth-order valence-electron chi connectivity index (χ4n) is 3.36. The molecule has 0 radical (unpaired) electrons. The van der Waals surface area contributed by atoms with Crippen molar-refractivity contribution in [2.24, 2.45) is 10.8 Å². The lowest BCUT2D eigenvalue weighted by Gasteiger charge is -2.44. The Morgan fingerprint density at radius 2 is 1.32 bits per heavy atom. The average Bonchev–Trinajstić information content (AvgIpc) is 2.37. The molecule has 2 N–H and O–H groups in total. The number of rotatable bonds is 10. The maximum atomic E-state index is 11.7. The van der Waals surface area contributed by atoms with Crippen LogP contribution in [-0.2, 0) is 9.59 Å². The summed E-state index contributed by atoms with van der Waals surface area (Å²) in [6, 6.07) is 0. The second-order valence-corrected chi connectivity index (χ2v) is 5.31. The van der Waals surface area contributed by atoms with E-state index < -0.39 is 22.8 Å². The number of carbonyl (C=O) groups is 2. The minimum Gasteiger partial charge on any atom is -0.480 e. The van der Waals surface area contributed by atoms with Crippen molar-refractivity contribution < 1.29 is 19.8 Å². The van der Waals surface area contributed by atoms with Gasteiger partial charge in [0, 0.05) is 0 Å². The highest BCUT2D eigenvalue weighted by Gasteiger charge is 2.58. The Morgan fingerprint density at radius 1 is 0.842 bits per heavy atom. The fraction of sp³-hybridized carbons (Fsp3) is 0.867. The van der Waals surface area contributed by atoms with Gasteiger partial charge in [-0.25, -0.2) is 0 Å². The van der Waals surface area contributed by atoms with E-state index in [1.165, 1.54) is 0 Å². The van der Waals surface area contributed by atoms with Crippen molar-refractivity contribution >= 4 is 11.9 Å². The molecule has 0 aliphatic rings. The first-order valence-corrected chi connectivity index (χ1v) is 7.35. The van der Waals surface area contributed by atoms with Gasteiger partial charge in [0.2, 0.25) is 0 Å². The van der Waals surface area contributed by atoms with Crippen LogP contribution in [0.2, 0.25) is 0 Å². The summed E-state index contributed by atoms with van der Waals surface area (Å²) in [6.07, 6.45) is 4.91. The van der Waals surface area contributed by atoms with E-state index >= 15 is 0 Å². The summed E-state index contributed by atoms with van der Waals surface area (Å²) < 4.78 is 0. The molecule has 0 aromatic heterocycles. The summed E-state index contributed by atoms with van der Waals surface area (Å²) in [5.41, 5.74) is -2.32. The number of carboxylic acids is 2. The molecular formula is C15H28O4. The van der Waals surface area contributed by atoms with Gasteiger partial charge >= 0.3 is 11.9 Å². The lowest BCUT2D eigenvalue weighted by atomic mass is 9.56. The Labute approximate surface area is 116 Å². The van der Waals surface area contributed by atoms with Crippen LogP contribution in [0.25, 0.3) is 0 Å². The normalized spacial score (nSPS) is 12.4. The zero-order chi connectivity index (χ0) is 15.1. The number of hydrogen-bond acceptors (Lipinski definition) is 2. The highest BCUT2D eigenvalue weighted by Crippen LogP contribution is 2.51. The largest absolute Gasteiger partial charge is 0.480 e. The molecule has 0 amide bonds. The molecule has 112 valence electrons. The van der Waals surface area contributed by atoms with Gasteiger partial charge in [-0.1, -0.05) is 47.0 Å². The Kier molecular flexibility index (Phi) is 7.09. The van der Waals surface area contributed by atoms with Gasteiger partial charge in [-0.2, -0.15) is 0 Å². The smallest absolute Gasteiger partial charge is 0.321 e. The molecule has 0 aromatic rings. The number of hydrogen-bond donors (Lipinski definition) is 2. The van der Waals surface area contributed by atoms with E-state index in [4.69, 9.17) is 0 Å². The molecule has 0 unspecified atom stereocenters. The van der Waals surface area contributed by atoms with Crippen molar-refractivity contribution in [3.05, 3.63) is 0 Å². The van der Waals surface area contributed by atoms with Crippen LogP contribution in [0.15, 0.2) is 0 Å². The van der Waals surface area contributed by atoms with E-state index in [1.807, 2.05) is 13.8 Å². The first kappa shape index (κ1) is 17.9. The van der Waals surface area contributed by atoms with Gasteiger partial charge in [0.1, 0.15) is 0 Å². The Morgan fingerprint density at radius 3 is 1.58 bits per heavy atom. The predicted molar refractivity (Wildman–Crippen MR) is 75.2 cm³/mol. The first-order chi connectivity index (χ1) is 8.88. The summed E-state index contributed by atoms with van der Waals surface area (Å²) in [6.45, 7) is 7.57. The summed E-state index contributed by atoms with van der Waals surface area (Å²) in [4.78, 5) is 23.4. The zero-order valence-electron chi connectivity index (χ0n) is 12.7. The minimum absolute atomic E-state index is 0.130. The topological polar surface area (TPSA) is 74.6 Å². The quantitative estimate of drug-likeness (QED) is 0.466. The molecule has 19 heavy (non-hydrogen) atoms. The number of unbranched alkanes of at least 4 members (excludes halogenated alkanes) is 2. The Balaban J connectivity index is 5.62. The van der Waals surface area contributed by atoms with E-state index in [2.05, 4.69) is 6.92 Å². The molecule has 4 heteroatoms. The second-order valence-electron chi connectivity index (χ2n) is 5.31. The van der Waals surface area contributed by atoms with Gasteiger partial charge in [0.15, 0.2) is 5.41 Å². The molecule has 4 nitrogen and oxygen atoms in total. The third kappa shape index (κ3) is 3.10. The van der Waals surface area contributed by atoms with Gasteiger partial charge in [-0.3, -0.25) is 9.59 Å². The van der Waals surface area contributed by atoms with Crippen LogP contribution in [0.1, 0.15) is 72.6 Å². The molecule has 0 spiro atoms. The summed E-state index contributed by atoms with van der Waals surface area (Å²) >= 11 is 0. The summed E-state index contributed by atoms with van der Waals surface area (Å²) in [5.74, 6) is -2.38. The Hall–Kier alpha value is -1.06. The summed E-state index contributed by atoms with van der Waals surface area (Å²) in [7, 11) is 0. The van der Waals surface area contributed by atoms with Crippen molar-refractivity contribution in [3.63, 3.8) is 0 Å². The summed E-state index contributed by atoms with van der Waals surface area (Å²) in [5, 5.41) is 19.1. The van der Waals surface area contributed by atoms with Crippen LogP contribution in [-0.4, -0.2) is 22.2 Å². The van der Waals surface area contributed by atoms with Crippen LogP contribution < -0.4 is 0 Å². The molecule has 0 bridgehead atoms. The van der Waals surface area contributed by atoms with Gasteiger partial charge in [-0.05, 0) is 31.1 Å². The van der Waals surface area contributed by atoms with Gasteiger partial charge in [0.05, 0.1) is 0 Å². The van der Waals surface area contributed by atoms with Crippen molar-refractivity contribution in [2.45, 2.75) is 72.6 Å². The van der Waals surface area contributed by atoms with Crippen LogP contribution in [0.5, 0.6) is 0 Å². The van der Waals surface area contributed by atoms with Crippen molar-refractivity contribution in [1.82, 2.24) is 0 Å². The van der Waals surface area contributed by atoms with Crippen LogP contribution in [0.3, 0.4) is 0 Å². The lowest BCUT2D eigenvalue weighted by Crippen LogP contribution is -2.52. The maximum Gasteiger partial charge on any atom is 0.321 e. The molecular weight excluding hydrogens is 244 g/mol. The first-order valence-electron chi connectivity index (χ1n) is 7.35. The molecule has 0 aliphatic heterocycles. The minimum atomic E-state index is -1.66. The van der Waals surface area contributed by atoms with Crippen molar-refractivity contribution in [3.8, 4) is 0 Å². The van der Waals surface area contributed by atoms with E-state index in [9.17, 15) is 19.8 Å². The van der Waals surface area contributed by atoms with E-state index in [1.54, 1.807) is 6.92 Å². The highest BCUT2D eigenvalue weighted by atomic mass is 16.4. The molecule has 0 rings (SSSR count). The van der Waals surface area contributed by atoms with Crippen LogP contribution in [0, 0.1) is 10.8 Å². The van der Waals surface area contributed by atoms with Crippen molar-refractivity contribution in [2.75, 3.05) is 0 Å². The predicted octanol–water partition coefficient (Wildman–Crippen LogP) is 3.94. The monoisotopic (exact) mass is 272 g/mol. The van der Waals surface area contributed by atoms with E-state index in [0.29, 0.717) is 19.3 Å². The molecule has 0 saturated heterocycles. The molecule has 0 aromatic carbocycles.